The number of hydrogen-bond donors (Lipinski definition) is 1. The zero-order valence-corrected chi connectivity index (χ0v) is 13.0. The SMILES string of the molecule is CN1C(=O)C(C(=O)NC2CCCCC2)=C2C=C[C@@H]3C=C[C@@]21C3. The first kappa shape index (κ1) is 13.8. The molecule has 1 spiro atoms. The molecule has 4 nitrogen and oxygen atoms in total. The van der Waals surface area contributed by atoms with Crippen LogP contribution in [-0.4, -0.2) is 35.3 Å². The van der Waals surface area contributed by atoms with E-state index in [1.54, 1.807) is 4.90 Å². The Labute approximate surface area is 130 Å². The third kappa shape index (κ3) is 1.82. The minimum Gasteiger partial charge on any atom is -0.349 e. The van der Waals surface area contributed by atoms with Gasteiger partial charge in [0, 0.05) is 13.1 Å². The van der Waals surface area contributed by atoms with Crippen LogP contribution in [0.3, 0.4) is 0 Å². The van der Waals surface area contributed by atoms with Gasteiger partial charge in [0.2, 0.25) is 0 Å². The van der Waals surface area contributed by atoms with E-state index < -0.39 is 0 Å². The van der Waals surface area contributed by atoms with Crippen molar-refractivity contribution in [1.82, 2.24) is 10.2 Å². The van der Waals surface area contributed by atoms with Crippen molar-refractivity contribution in [2.45, 2.75) is 50.1 Å². The highest BCUT2D eigenvalue weighted by Gasteiger charge is 2.53. The van der Waals surface area contributed by atoms with Gasteiger partial charge in [0.25, 0.3) is 11.8 Å². The molecule has 1 N–H and O–H groups in total. The van der Waals surface area contributed by atoms with E-state index >= 15 is 0 Å². The third-order valence-corrected chi connectivity index (χ3v) is 5.70. The molecule has 22 heavy (non-hydrogen) atoms. The Morgan fingerprint density at radius 1 is 1.27 bits per heavy atom. The van der Waals surface area contributed by atoms with E-state index in [9.17, 15) is 9.59 Å². The number of likely N-dealkylation sites (N-methyl/N-ethyl adjacent to an activating group) is 1. The van der Waals surface area contributed by atoms with Crippen molar-refractivity contribution < 1.29 is 9.59 Å². The van der Waals surface area contributed by atoms with E-state index in [2.05, 4.69) is 23.5 Å². The second kappa shape index (κ2) is 4.83. The number of fused-ring (bicyclic) bond motifs is 1. The number of amides is 2. The molecule has 2 atom stereocenters. The van der Waals surface area contributed by atoms with Crippen molar-refractivity contribution in [2.24, 2.45) is 5.92 Å². The zero-order valence-electron chi connectivity index (χ0n) is 13.0. The molecule has 116 valence electrons. The van der Waals surface area contributed by atoms with Crippen LogP contribution in [0.2, 0.25) is 0 Å². The van der Waals surface area contributed by atoms with E-state index in [0.717, 1.165) is 24.8 Å². The fraction of sp³-hybridized carbons (Fsp3) is 0.556. The van der Waals surface area contributed by atoms with Crippen LogP contribution in [0.4, 0.5) is 0 Å². The molecule has 1 fully saturated rings. The van der Waals surface area contributed by atoms with Crippen LogP contribution >= 0.6 is 0 Å². The van der Waals surface area contributed by atoms with Crippen LogP contribution in [-0.2, 0) is 9.59 Å². The maximum Gasteiger partial charge on any atom is 0.260 e. The molecule has 1 saturated carbocycles. The van der Waals surface area contributed by atoms with Gasteiger partial charge in [-0.15, -0.1) is 0 Å². The Hall–Kier alpha value is -1.84. The zero-order chi connectivity index (χ0) is 15.3. The monoisotopic (exact) mass is 298 g/mol. The highest BCUT2D eigenvalue weighted by Crippen LogP contribution is 2.48. The molecule has 4 aliphatic rings. The minimum absolute atomic E-state index is 0.139. The predicted molar refractivity (Wildman–Crippen MR) is 83.9 cm³/mol. The van der Waals surface area contributed by atoms with Gasteiger partial charge in [0.05, 0.1) is 5.54 Å². The summed E-state index contributed by atoms with van der Waals surface area (Å²) in [4.78, 5) is 27.1. The molecular weight excluding hydrogens is 276 g/mol. The van der Waals surface area contributed by atoms with Gasteiger partial charge in [-0.2, -0.15) is 0 Å². The molecule has 3 aliphatic carbocycles. The Bertz CT molecular complexity index is 625. The number of carbonyl (C=O) groups is 2. The lowest BCUT2D eigenvalue weighted by Crippen LogP contribution is -2.44. The average molecular weight is 298 g/mol. The van der Waals surface area contributed by atoms with Crippen LogP contribution < -0.4 is 5.32 Å². The molecule has 0 unspecified atom stereocenters. The van der Waals surface area contributed by atoms with Crippen LogP contribution in [0.1, 0.15) is 38.5 Å². The molecule has 4 rings (SSSR count). The molecule has 2 bridgehead atoms. The normalized spacial score (nSPS) is 33.6. The largest absolute Gasteiger partial charge is 0.349 e. The first-order chi connectivity index (χ1) is 10.6. The number of nitrogens with zero attached hydrogens (tertiary/aromatic N) is 1. The summed E-state index contributed by atoms with van der Waals surface area (Å²) in [6.07, 6.45) is 14.9. The lowest BCUT2D eigenvalue weighted by atomic mass is 9.82. The first-order valence-corrected chi connectivity index (χ1v) is 8.33. The van der Waals surface area contributed by atoms with E-state index in [-0.39, 0.29) is 23.4 Å². The van der Waals surface area contributed by atoms with Gasteiger partial charge < -0.3 is 10.2 Å². The Kier molecular flexibility index (Phi) is 3.03. The van der Waals surface area contributed by atoms with E-state index in [0.29, 0.717) is 11.5 Å². The summed E-state index contributed by atoms with van der Waals surface area (Å²) < 4.78 is 0. The summed E-state index contributed by atoms with van der Waals surface area (Å²) in [5.41, 5.74) is 0.864. The second-order valence-electron chi connectivity index (χ2n) is 6.97. The van der Waals surface area contributed by atoms with Gasteiger partial charge in [0.1, 0.15) is 5.57 Å². The smallest absolute Gasteiger partial charge is 0.260 e. The second-order valence-corrected chi connectivity index (χ2v) is 6.97. The molecule has 0 radical (unpaired) electrons. The van der Waals surface area contributed by atoms with Gasteiger partial charge >= 0.3 is 0 Å². The van der Waals surface area contributed by atoms with Crippen molar-refractivity contribution in [3.05, 3.63) is 35.5 Å². The lowest BCUT2D eigenvalue weighted by Gasteiger charge is -2.35. The summed E-state index contributed by atoms with van der Waals surface area (Å²) in [7, 11) is 1.81. The molecule has 2 amide bonds. The van der Waals surface area contributed by atoms with Gasteiger partial charge in [-0.3, -0.25) is 9.59 Å². The molecule has 1 aliphatic heterocycles. The fourth-order valence-electron chi connectivity index (χ4n) is 4.39. The van der Waals surface area contributed by atoms with Crippen LogP contribution in [0.15, 0.2) is 35.5 Å². The van der Waals surface area contributed by atoms with E-state index in [4.69, 9.17) is 0 Å². The number of allylic oxidation sites excluding steroid dienone is 2. The molecule has 4 heteroatoms. The molecule has 0 aromatic heterocycles. The first-order valence-electron chi connectivity index (χ1n) is 8.33. The van der Waals surface area contributed by atoms with E-state index in [1.165, 1.54) is 19.3 Å². The summed E-state index contributed by atoms with van der Waals surface area (Å²) in [6, 6.07) is 0.225. The van der Waals surface area contributed by atoms with E-state index in [1.807, 2.05) is 13.1 Å². The third-order valence-electron chi connectivity index (χ3n) is 5.70. The van der Waals surface area contributed by atoms with Crippen LogP contribution in [0.5, 0.6) is 0 Å². The highest BCUT2D eigenvalue weighted by atomic mass is 16.2. The molecule has 0 aromatic carbocycles. The molecular formula is C18H22N2O2. The maximum atomic E-state index is 12.7. The van der Waals surface area contributed by atoms with Crippen LogP contribution in [0.25, 0.3) is 0 Å². The molecule has 1 heterocycles. The number of nitrogens with one attached hydrogen (secondary N) is 1. The number of rotatable bonds is 2. The van der Waals surface area contributed by atoms with Gasteiger partial charge in [-0.25, -0.2) is 0 Å². The average Bonchev–Trinajstić information content (AvgIpc) is 2.98. The van der Waals surface area contributed by atoms with Crippen molar-refractivity contribution in [1.29, 1.82) is 0 Å². The summed E-state index contributed by atoms with van der Waals surface area (Å²) >= 11 is 0. The Balaban J connectivity index is 1.66. The number of hydrogen-bond acceptors (Lipinski definition) is 2. The minimum atomic E-state index is -0.379. The lowest BCUT2D eigenvalue weighted by molar-refractivity contribution is -0.129. The maximum absolute atomic E-state index is 12.7. The quantitative estimate of drug-likeness (QED) is 0.627. The predicted octanol–water partition coefficient (Wildman–Crippen LogP) is 2.09. The summed E-state index contributed by atoms with van der Waals surface area (Å²) in [5, 5.41) is 3.10. The topological polar surface area (TPSA) is 49.4 Å². The van der Waals surface area contributed by atoms with Crippen molar-refractivity contribution >= 4 is 11.8 Å². The van der Waals surface area contributed by atoms with Gasteiger partial charge in [0.15, 0.2) is 0 Å². The van der Waals surface area contributed by atoms with Crippen molar-refractivity contribution in [3.8, 4) is 0 Å². The molecule has 0 saturated heterocycles. The Morgan fingerprint density at radius 2 is 2.05 bits per heavy atom. The van der Waals surface area contributed by atoms with Gasteiger partial charge in [-0.1, -0.05) is 43.6 Å². The highest BCUT2D eigenvalue weighted by molar-refractivity contribution is 6.22. The fourth-order valence-corrected chi connectivity index (χ4v) is 4.39. The number of carbonyl (C=O) groups excluding carboxylic acids is 2. The standard InChI is InChI=1S/C18H22N2O2/c1-20-17(22)15(16(21)19-13-5-3-2-4-6-13)14-8-7-12-9-10-18(14,20)11-12/h7-10,12-13H,2-6,11H2,1H3,(H,19,21)/t12-,18-/m1/s1. The molecule has 0 aromatic rings. The van der Waals surface area contributed by atoms with Gasteiger partial charge in [-0.05, 0) is 30.8 Å². The Morgan fingerprint density at radius 3 is 2.82 bits per heavy atom. The summed E-state index contributed by atoms with van der Waals surface area (Å²) in [5.74, 6) is 0.0685. The van der Waals surface area contributed by atoms with Crippen LogP contribution in [0, 0.1) is 5.92 Å². The van der Waals surface area contributed by atoms with Crippen molar-refractivity contribution in [3.63, 3.8) is 0 Å². The van der Waals surface area contributed by atoms with Crippen molar-refractivity contribution in [2.75, 3.05) is 7.05 Å². The summed E-state index contributed by atoms with van der Waals surface area (Å²) in [6.45, 7) is 0.